The molecule has 7 heteroatoms. The van der Waals surface area contributed by atoms with Crippen LogP contribution in [-0.4, -0.2) is 32.1 Å². The lowest BCUT2D eigenvalue weighted by Gasteiger charge is -2.08. The molecule has 0 radical (unpaired) electrons. The number of esters is 1. The number of hydrogen-bond acceptors (Lipinski definition) is 6. The van der Waals surface area contributed by atoms with E-state index in [4.69, 9.17) is 10.5 Å². The molecule has 0 amide bonds. The maximum atomic E-state index is 11.8. The average Bonchev–Trinajstić information content (AvgIpc) is 2.66. The average molecular weight is 263 g/mol. The minimum absolute atomic E-state index is 0.0749. The highest BCUT2D eigenvalue weighted by molar-refractivity contribution is 5.83. The zero-order chi connectivity index (χ0) is 14.0. The zero-order valence-corrected chi connectivity index (χ0v) is 11.3. The molecule has 2 aromatic rings. The van der Waals surface area contributed by atoms with Gasteiger partial charge in [-0.25, -0.2) is 15.0 Å². The van der Waals surface area contributed by atoms with Crippen molar-refractivity contribution < 1.29 is 9.53 Å². The molecule has 0 aromatic carbocycles. The molecule has 0 atom stereocenters. The number of carbonyl (C=O) groups excluding carboxylic acids is 1. The Kier molecular flexibility index (Phi) is 3.64. The van der Waals surface area contributed by atoms with E-state index in [1.807, 2.05) is 13.8 Å². The van der Waals surface area contributed by atoms with Crippen LogP contribution in [0.25, 0.3) is 11.2 Å². The van der Waals surface area contributed by atoms with E-state index < -0.39 is 0 Å². The van der Waals surface area contributed by atoms with E-state index in [1.165, 1.54) is 6.33 Å². The third kappa shape index (κ3) is 2.81. The van der Waals surface area contributed by atoms with Crippen LogP contribution in [0, 0.1) is 12.8 Å². The summed E-state index contributed by atoms with van der Waals surface area (Å²) in [5, 5.41) is 0. The summed E-state index contributed by atoms with van der Waals surface area (Å²) in [4.78, 5) is 24.0. The third-order valence-electron chi connectivity index (χ3n) is 2.62. The lowest BCUT2D eigenvalue weighted by molar-refractivity contribution is -0.145. The van der Waals surface area contributed by atoms with Gasteiger partial charge < -0.3 is 15.0 Å². The second-order valence-electron chi connectivity index (χ2n) is 4.75. The lowest BCUT2D eigenvalue weighted by Crippen LogP contribution is -2.17. The Balaban J connectivity index is 2.23. The smallest absolute Gasteiger partial charge is 0.326 e. The Morgan fingerprint density at radius 2 is 2.21 bits per heavy atom. The first kappa shape index (κ1) is 13.3. The molecule has 2 aromatic heterocycles. The number of ether oxygens (including phenoxy) is 1. The van der Waals surface area contributed by atoms with E-state index in [9.17, 15) is 4.79 Å². The van der Waals surface area contributed by atoms with E-state index in [1.54, 1.807) is 11.5 Å². The van der Waals surface area contributed by atoms with Gasteiger partial charge in [-0.1, -0.05) is 13.8 Å². The summed E-state index contributed by atoms with van der Waals surface area (Å²) in [5.74, 6) is 0.960. The van der Waals surface area contributed by atoms with Crippen molar-refractivity contribution in [3.8, 4) is 0 Å². The first-order valence-electron chi connectivity index (χ1n) is 6.08. The van der Waals surface area contributed by atoms with Crippen LogP contribution < -0.4 is 5.73 Å². The fourth-order valence-corrected chi connectivity index (χ4v) is 1.69. The molecular weight excluding hydrogens is 246 g/mol. The molecule has 0 saturated carbocycles. The van der Waals surface area contributed by atoms with Crippen LogP contribution in [0.5, 0.6) is 0 Å². The largest absolute Gasteiger partial charge is 0.464 e. The van der Waals surface area contributed by atoms with Gasteiger partial charge in [0.2, 0.25) is 0 Å². The highest BCUT2D eigenvalue weighted by Gasteiger charge is 2.15. The molecule has 2 N–H and O–H groups in total. The molecule has 0 bridgehead atoms. The van der Waals surface area contributed by atoms with Crippen LogP contribution in [0.4, 0.5) is 5.82 Å². The van der Waals surface area contributed by atoms with Crippen molar-refractivity contribution in [1.82, 2.24) is 19.5 Å². The number of anilines is 1. The first-order chi connectivity index (χ1) is 8.99. The maximum Gasteiger partial charge on any atom is 0.326 e. The van der Waals surface area contributed by atoms with Gasteiger partial charge in [0.15, 0.2) is 17.0 Å². The Labute approximate surface area is 110 Å². The number of imidazole rings is 1. The van der Waals surface area contributed by atoms with Crippen molar-refractivity contribution in [2.75, 3.05) is 12.3 Å². The standard InChI is InChI=1S/C12H17N5O2/c1-7(2)5-19-9(18)4-17-8(3)16-10-11(13)14-6-15-12(10)17/h6-7H,4-5H2,1-3H3,(H2,13,14,15). The summed E-state index contributed by atoms with van der Waals surface area (Å²) in [7, 11) is 0. The molecule has 0 aliphatic heterocycles. The van der Waals surface area contributed by atoms with Crippen molar-refractivity contribution in [2.45, 2.75) is 27.3 Å². The molecule has 0 spiro atoms. The van der Waals surface area contributed by atoms with Gasteiger partial charge in [0.25, 0.3) is 0 Å². The topological polar surface area (TPSA) is 95.9 Å². The van der Waals surface area contributed by atoms with Gasteiger partial charge in [0.1, 0.15) is 18.7 Å². The molecule has 0 fully saturated rings. The van der Waals surface area contributed by atoms with Crippen molar-refractivity contribution in [2.24, 2.45) is 5.92 Å². The summed E-state index contributed by atoms with van der Waals surface area (Å²) in [6.45, 7) is 6.24. The van der Waals surface area contributed by atoms with Gasteiger partial charge in [0.05, 0.1) is 6.61 Å². The lowest BCUT2D eigenvalue weighted by atomic mass is 10.2. The van der Waals surface area contributed by atoms with Gasteiger partial charge in [-0.2, -0.15) is 0 Å². The van der Waals surface area contributed by atoms with Crippen LogP contribution in [0.2, 0.25) is 0 Å². The predicted molar refractivity (Wildman–Crippen MR) is 70.3 cm³/mol. The van der Waals surface area contributed by atoms with E-state index in [-0.39, 0.29) is 12.5 Å². The molecule has 0 saturated heterocycles. The van der Waals surface area contributed by atoms with E-state index in [0.717, 1.165) is 0 Å². The monoisotopic (exact) mass is 263 g/mol. The van der Waals surface area contributed by atoms with Crippen LogP contribution in [-0.2, 0) is 16.1 Å². The number of aryl methyl sites for hydroxylation is 1. The van der Waals surface area contributed by atoms with E-state index in [2.05, 4.69) is 15.0 Å². The van der Waals surface area contributed by atoms with Gasteiger partial charge >= 0.3 is 5.97 Å². The number of carbonyl (C=O) groups is 1. The minimum atomic E-state index is -0.312. The predicted octanol–water partition coefficient (Wildman–Crippen LogP) is 0.916. The van der Waals surface area contributed by atoms with Gasteiger partial charge in [-0.3, -0.25) is 4.79 Å². The maximum absolute atomic E-state index is 11.8. The molecule has 0 unspecified atom stereocenters. The number of rotatable bonds is 4. The molecule has 2 heterocycles. The highest BCUT2D eigenvalue weighted by Crippen LogP contribution is 2.17. The Hall–Kier alpha value is -2.18. The second kappa shape index (κ2) is 5.21. The number of hydrogen-bond donors (Lipinski definition) is 1. The van der Waals surface area contributed by atoms with Gasteiger partial charge in [0, 0.05) is 0 Å². The normalized spacial score (nSPS) is 11.2. The quantitative estimate of drug-likeness (QED) is 0.824. The van der Waals surface area contributed by atoms with Crippen molar-refractivity contribution >= 4 is 23.0 Å². The summed E-state index contributed by atoms with van der Waals surface area (Å²) < 4.78 is 6.83. The molecule has 2 rings (SSSR count). The molecule has 102 valence electrons. The van der Waals surface area contributed by atoms with Crippen LogP contribution in [0.1, 0.15) is 19.7 Å². The van der Waals surface area contributed by atoms with Crippen molar-refractivity contribution in [1.29, 1.82) is 0 Å². The van der Waals surface area contributed by atoms with Crippen molar-refractivity contribution in [3.63, 3.8) is 0 Å². The van der Waals surface area contributed by atoms with Crippen LogP contribution in [0.3, 0.4) is 0 Å². The fraction of sp³-hybridized carbons (Fsp3) is 0.500. The van der Waals surface area contributed by atoms with Crippen LogP contribution in [0.15, 0.2) is 6.33 Å². The first-order valence-corrected chi connectivity index (χ1v) is 6.08. The molecule has 7 nitrogen and oxygen atoms in total. The second-order valence-corrected chi connectivity index (χ2v) is 4.75. The summed E-state index contributed by atoms with van der Waals surface area (Å²) in [5.41, 5.74) is 6.78. The van der Waals surface area contributed by atoms with E-state index >= 15 is 0 Å². The number of nitrogens with zero attached hydrogens (tertiary/aromatic N) is 4. The molecule has 19 heavy (non-hydrogen) atoms. The molecule has 0 aliphatic rings. The third-order valence-corrected chi connectivity index (χ3v) is 2.62. The highest BCUT2D eigenvalue weighted by atomic mass is 16.5. The summed E-state index contributed by atoms with van der Waals surface area (Å²) in [6, 6.07) is 0. The molecule has 0 aliphatic carbocycles. The number of nitrogen functional groups attached to an aromatic ring is 1. The van der Waals surface area contributed by atoms with Gasteiger partial charge in [-0.15, -0.1) is 0 Å². The number of nitrogens with two attached hydrogens (primary N) is 1. The Morgan fingerprint density at radius 3 is 2.89 bits per heavy atom. The fourth-order valence-electron chi connectivity index (χ4n) is 1.69. The summed E-state index contributed by atoms with van der Waals surface area (Å²) >= 11 is 0. The summed E-state index contributed by atoms with van der Waals surface area (Å²) in [6.07, 6.45) is 1.36. The minimum Gasteiger partial charge on any atom is -0.464 e. The molecular formula is C12H17N5O2. The van der Waals surface area contributed by atoms with Crippen molar-refractivity contribution in [3.05, 3.63) is 12.2 Å². The number of aromatic nitrogens is 4. The van der Waals surface area contributed by atoms with Crippen LogP contribution >= 0.6 is 0 Å². The SMILES string of the molecule is Cc1nc2c(N)ncnc2n1CC(=O)OCC(C)C. The Morgan fingerprint density at radius 1 is 1.47 bits per heavy atom. The Bertz CT molecular complexity index is 605. The zero-order valence-electron chi connectivity index (χ0n) is 11.3. The number of fused-ring (bicyclic) bond motifs is 1. The van der Waals surface area contributed by atoms with E-state index in [0.29, 0.717) is 35.3 Å². The van der Waals surface area contributed by atoms with Gasteiger partial charge in [-0.05, 0) is 12.8 Å².